The van der Waals surface area contributed by atoms with Gasteiger partial charge in [-0.05, 0) is 50.1 Å². The summed E-state index contributed by atoms with van der Waals surface area (Å²) in [6, 6.07) is 6.10. The number of thioether (sulfide) groups is 2. The van der Waals surface area contributed by atoms with E-state index in [1.165, 1.54) is 11.8 Å². The molecule has 1 unspecified atom stereocenters. The molecular formula is C17H22ClN5O2S2. The largest absolute Gasteiger partial charge is 0.337 e. The van der Waals surface area contributed by atoms with Crippen molar-refractivity contribution in [1.29, 1.82) is 0 Å². The van der Waals surface area contributed by atoms with Gasteiger partial charge in [-0.25, -0.2) is 15.2 Å². The average molecular weight is 428 g/mol. The van der Waals surface area contributed by atoms with E-state index < -0.39 is 11.3 Å². The number of imidazole rings is 1. The summed E-state index contributed by atoms with van der Waals surface area (Å²) in [6.07, 6.45) is 2.94. The number of carbonyl (C=O) groups is 2. The summed E-state index contributed by atoms with van der Waals surface area (Å²) in [5.41, 5.74) is 7.32. The van der Waals surface area contributed by atoms with E-state index in [0.29, 0.717) is 15.9 Å². The van der Waals surface area contributed by atoms with Gasteiger partial charge in [0, 0.05) is 22.8 Å². The highest BCUT2D eigenvalue weighted by molar-refractivity contribution is 8.00. The third-order valence-corrected chi connectivity index (χ3v) is 5.41. The molecule has 0 aliphatic heterocycles. The lowest BCUT2D eigenvalue weighted by molar-refractivity contribution is -0.120. The normalized spacial score (nSPS) is 11.7. The third-order valence-electron chi connectivity index (χ3n) is 3.57. The number of aryl methyl sites for hydroxylation is 2. The van der Waals surface area contributed by atoms with Gasteiger partial charge in [0.15, 0.2) is 5.16 Å². The van der Waals surface area contributed by atoms with Crippen molar-refractivity contribution in [3.05, 3.63) is 40.7 Å². The zero-order valence-electron chi connectivity index (χ0n) is 15.3. The first-order chi connectivity index (χ1) is 12.9. The number of benzene rings is 1. The summed E-state index contributed by atoms with van der Waals surface area (Å²) < 4.78 is 0. The lowest BCUT2D eigenvalue weighted by atomic mass is 10.3. The van der Waals surface area contributed by atoms with Crippen molar-refractivity contribution in [1.82, 2.24) is 20.8 Å². The molecule has 4 N–H and O–H groups in total. The van der Waals surface area contributed by atoms with E-state index in [-0.39, 0.29) is 5.91 Å². The molecule has 1 atom stereocenters. The minimum absolute atomic E-state index is 0.328. The molecule has 27 heavy (non-hydrogen) atoms. The number of H-pyrrole nitrogens is 1. The maximum atomic E-state index is 12.2. The number of anilines is 1. The average Bonchev–Trinajstić information content (AvgIpc) is 2.98. The number of hydrogen-bond donors (Lipinski definition) is 4. The molecule has 1 aromatic heterocycles. The second-order valence-corrected chi connectivity index (χ2v) is 8.44. The van der Waals surface area contributed by atoms with Crippen LogP contribution in [-0.4, -0.2) is 39.2 Å². The highest BCUT2D eigenvalue weighted by Crippen LogP contribution is 2.22. The standard InChI is InChI=1S/C17H22ClN5O2S2/c1-10-14(8-9-26-3)21-17(19-10)27-11(2)15(24)22-23-16(25)20-13-6-4-12(18)5-7-13/h4-7,11H,8-9H2,1-3H3,(H,19,21)(H,22,24)(H2,20,23,25). The van der Waals surface area contributed by atoms with Crippen molar-refractivity contribution < 1.29 is 9.59 Å². The van der Waals surface area contributed by atoms with Crippen molar-refractivity contribution >= 4 is 52.8 Å². The Morgan fingerprint density at radius 2 is 1.96 bits per heavy atom. The number of hydrazine groups is 1. The van der Waals surface area contributed by atoms with Gasteiger partial charge in [-0.15, -0.1) is 0 Å². The molecule has 0 fully saturated rings. The molecule has 10 heteroatoms. The number of urea groups is 1. The van der Waals surface area contributed by atoms with Crippen LogP contribution in [0.2, 0.25) is 5.02 Å². The summed E-state index contributed by atoms with van der Waals surface area (Å²) in [4.78, 5) is 31.7. The van der Waals surface area contributed by atoms with Crippen LogP contribution in [0.3, 0.4) is 0 Å². The molecule has 2 rings (SSSR count). The molecule has 2 aromatic rings. The summed E-state index contributed by atoms with van der Waals surface area (Å²) in [7, 11) is 0. The molecule has 3 amide bonds. The van der Waals surface area contributed by atoms with Gasteiger partial charge in [0.25, 0.3) is 5.91 Å². The maximum absolute atomic E-state index is 12.2. The van der Waals surface area contributed by atoms with Gasteiger partial charge in [0.05, 0.1) is 10.9 Å². The predicted molar refractivity (Wildman–Crippen MR) is 112 cm³/mol. The Bertz CT molecular complexity index is 782. The molecule has 0 aliphatic rings. The van der Waals surface area contributed by atoms with Gasteiger partial charge >= 0.3 is 6.03 Å². The molecule has 1 heterocycles. The number of aromatic nitrogens is 2. The van der Waals surface area contributed by atoms with Crippen LogP contribution in [0.4, 0.5) is 10.5 Å². The highest BCUT2D eigenvalue weighted by atomic mass is 35.5. The van der Waals surface area contributed by atoms with Crippen LogP contribution in [-0.2, 0) is 11.2 Å². The Labute approximate surface area is 171 Å². The molecule has 7 nitrogen and oxygen atoms in total. The first kappa shape index (κ1) is 21.5. The number of amides is 3. The molecule has 0 saturated carbocycles. The second kappa shape index (κ2) is 10.5. The quantitative estimate of drug-likeness (QED) is 0.399. The summed E-state index contributed by atoms with van der Waals surface area (Å²) in [5.74, 6) is 0.671. The summed E-state index contributed by atoms with van der Waals surface area (Å²) >= 11 is 8.86. The van der Waals surface area contributed by atoms with E-state index in [1.54, 1.807) is 43.0 Å². The lowest BCUT2D eigenvalue weighted by Crippen LogP contribution is -2.46. The van der Waals surface area contributed by atoms with Crippen molar-refractivity contribution in [3.63, 3.8) is 0 Å². The molecule has 0 bridgehead atoms. The van der Waals surface area contributed by atoms with E-state index in [1.807, 2.05) is 6.92 Å². The van der Waals surface area contributed by atoms with E-state index >= 15 is 0 Å². The van der Waals surface area contributed by atoms with E-state index in [0.717, 1.165) is 23.6 Å². The number of hydrogen-bond acceptors (Lipinski definition) is 5. The highest BCUT2D eigenvalue weighted by Gasteiger charge is 2.18. The summed E-state index contributed by atoms with van der Waals surface area (Å²) in [6.45, 7) is 3.72. The fourth-order valence-corrected chi connectivity index (χ4v) is 3.50. The minimum Gasteiger partial charge on any atom is -0.337 e. The van der Waals surface area contributed by atoms with Gasteiger partial charge in [-0.2, -0.15) is 11.8 Å². The van der Waals surface area contributed by atoms with Gasteiger partial charge in [-0.3, -0.25) is 10.2 Å². The van der Waals surface area contributed by atoms with Crippen molar-refractivity contribution in [2.45, 2.75) is 30.7 Å². The van der Waals surface area contributed by atoms with Crippen molar-refractivity contribution in [2.75, 3.05) is 17.3 Å². The van der Waals surface area contributed by atoms with E-state index in [9.17, 15) is 9.59 Å². The molecular weight excluding hydrogens is 406 g/mol. The molecule has 0 radical (unpaired) electrons. The van der Waals surface area contributed by atoms with Crippen LogP contribution in [0.15, 0.2) is 29.4 Å². The van der Waals surface area contributed by atoms with Crippen molar-refractivity contribution in [2.24, 2.45) is 0 Å². The maximum Gasteiger partial charge on any atom is 0.337 e. The van der Waals surface area contributed by atoms with Crippen LogP contribution in [0.5, 0.6) is 0 Å². The van der Waals surface area contributed by atoms with Crippen molar-refractivity contribution in [3.8, 4) is 0 Å². The number of rotatable bonds is 7. The monoisotopic (exact) mass is 427 g/mol. The Balaban J connectivity index is 1.79. The van der Waals surface area contributed by atoms with Gasteiger partial charge in [0.2, 0.25) is 0 Å². The molecule has 0 aliphatic carbocycles. The molecule has 0 spiro atoms. The fraction of sp³-hybridized carbons (Fsp3) is 0.353. The predicted octanol–water partition coefficient (Wildman–Crippen LogP) is 3.61. The molecule has 1 aromatic carbocycles. The Kier molecular flexibility index (Phi) is 8.33. The zero-order valence-corrected chi connectivity index (χ0v) is 17.6. The lowest BCUT2D eigenvalue weighted by Gasteiger charge is -2.12. The number of aromatic amines is 1. The number of nitrogens with zero attached hydrogens (tertiary/aromatic N) is 1. The Morgan fingerprint density at radius 3 is 2.63 bits per heavy atom. The number of carbonyl (C=O) groups excluding carboxylic acids is 2. The van der Waals surface area contributed by atoms with Crippen LogP contribution in [0.1, 0.15) is 18.3 Å². The summed E-state index contributed by atoms with van der Waals surface area (Å²) in [5, 5.41) is 3.43. The first-order valence-electron chi connectivity index (χ1n) is 8.22. The fourth-order valence-electron chi connectivity index (χ4n) is 2.10. The molecule has 0 saturated heterocycles. The van der Waals surface area contributed by atoms with E-state index in [2.05, 4.69) is 32.4 Å². The minimum atomic E-state index is -0.545. The number of nitrogens with one attached hydrogen (secondary N) is 4. The Hall–Kier alpha value is -1.84. The smallest absolute Gasteiger partial charge is 0.337 e. The van der Waals surface area contributed by atoms with Gasteiger partial charge in [-0.1, -0.05) is 23.4 Å². The third kappa shape index (κ3) is 7.00. The number of halogens is 1. The molecule has 146 valence electrons. The van der Waals surface area contributed by atoms with Crippen LogP contribution >= 0.6 is 35.1 Å². The van der Waals surface area contributed by atoms with Crippen LogP contribution in [0, 0.1) is 6.92 Å². The second-order valence-electron chi connectivity index (χ2n) is 5.69. The van der Waals surface area contributed by atoms with Gasteiger partial charge in [0.1, 0.15) is 0 Å². The van der Waals surface area contributed by atoms with E-state index in [4.69, 9.17) is 11.6 Å². The Morgan fingerprint density at radius 1 is 1.26 bits per heavy atom. The zero-order chi connectivity index (χ0) is 19.8. The first-order valence-corrected chi connectivity index (χ1v) is 10.9. The van der Waals surface area contributed by atoms with Crippen LogP contribution < -0.4 is 16.2 Å². The van der Waals surface area contributed by atoms with Gasteiger partial charge < -0.3 is 10.3 Å². The van der Waals surface area contributed by atoms with Crippen LogP contribution in [0.25, 0.3) is 0 Å². The topological polar surface area (TPSA) is 98.9 Å². The SMILES string of the molecule is CSCCc1nc(SC(C)C(=O)NNC(=O)Nc2ccc(Cl)cc2)[nH]c1C.